The van der Waals surface area contributed by atoms with E-state index in [1.165, 1.54) is 0 Å². The van der Waals surface area contributed by atoms with Gasteiger partial charge < -0.3 is 9.84 Å². The summed E-state index contributed by atoms with van der Waals surface area (Å²) in [7, 11) is 1.76. The average Bonchev–Trinajstić information content (AvgIpc) is 2.81. The third-order valence-corrected chi connectivity index (χ3v) is 2.96. The van der Waals surface area contributed by atoms with Crippen molar-refractivity contribution < 1.29 is 14.6 Å². The first-order valence-corrected chi connectivity index (χ1v) is 6.48. The van der Waals surface area contributed by atoms with Crippen molar-refractivity contribution in [2.75, 3.05) is 13.7 Å². The molecule has 0 bridgehead atoms. The smallest absolute Gasteiger partial charge is 0.357 e. The maximum Gasteiger partial charge on any atom is 0.357 e. The Kier molecular flexibility index (Phi) is 4.60. The number of nitrogens with one attached hydrogen (secondary N) is 1. The van der Waals surface area contributed by atoms with Crippen molar-refractivity contribution in [3.63, 3.8) is 0 Å². The number of nitrogens with zero attached hydrogens (tertiary/aromatic N) is 2. The Morgan fingerprint density at radius 2 is 1.95 bits per heavy atom. The van der Waals surface area contributed by atoms with Crippen LogP contribution >= 0.6 is 0 Å². The Bertz CT molecular complexity index is 499. The van der Waals surface area contributed by atoms with Gasteiger partial charge in [0.15, 0.2) is 5.70 Å². The van der Waals surface area contributed by atoms with Crippen molar-refractivity contribution in [3.8, 4) is 0 Å². The molecule has 108 valence electrons. The number of ether oxygens (including phenoxy) is 1. The molecule has 1 heterocycles. The highest BCUT2D eigenvalue weighted by molar-refractivity contribution is 5.87. The second-order valence-electron chi connectivity index (χ2n) is 4.50. The van der Waals surface area contributed by atoms with E-state index in [0.29, 0.717) is 18.8 Å². The highest BCUT2D eigenvalue weighted by atomic mass is 16.5. The van der Waals surface area contributed by atoms with Crippen LogP contribution in [0.2, 0.25) is 0 Å². The van der Waals surface area contributed by atoms with Crippen molar-refractivity contribution in [1.29, 1.82) is 0 Å². The van der Waals surface area contributed by atoms with E-state index in [1.807, 2.05) is 24.3 Å². The molecular formula is C14H19N3O3. The van der Waals surface area contributed by atoms with Gasteiger partial charge in [0.2, 0.25) is 0 Å². The number of likely N-dealkylation sites (N-methyl/N-ethyl adjacent to an activating group) is 1. The fourth-order valence-electron chi connectivity index (χ4n) is 1.93. The van der Waals surface area contributed by atoms with Gasteiger partial charge in [-0.2, -0.15) is 0 Å². The van der Waals surface area contributed by atoms with Gasteiger partial charge in [0.05, 0.1) is 26.0 Å². The number of carbonyl (C=O) groups excluding carboxylic acids is 1. The molecule has 1 aromatic rings. The van der Waals surface area contributed by atoms with E-state index < -0.39 is 0 Å². The Morgan fingerprint density at radius 1 is 1.30 bits per heavy atom. The molecule has 20 heavy (non-hydrogen) atoms. The topological polar surface area (TPSA) is 65.0 Å². The first-order valence-electron chi connectivity index (χ1n) is 6.48. The van der Waals surface area contributed by atoms with Gasteiger partial charge in [-0.25, -0.2) is 4.79 Å². The minimum absolute atomic E-state index is 0.0396. The zero-order valence-electron chi connectivity index (χ0n) is 11.7. The number of hydrogen-bond donors (Lipinski definition) is 2. The van der Waals surface area contributed by atoms with E-state index in [2.05, 4.69) is 5.53 Å². The van der Waals surface area contributed by atoms with Crippen LogP contribution in [0.4, 0.5) is 0 Å². The van der Waals surface area contributed by atoms with E-state index >= 15 is 0 Å². The first kappa shape index (κ1) is 14.4. The normalized spacial score (nSPS) is 14.4. The Labute approximate surface area is 118 Å². The fourth-order valence-corrected chi connectivity index (χ4v) is 1.93. The van der Waals surface area contributed by atoms with Crippen LogP contribution in [0.3, 0.4) is 0 Å². The molecule has 2 N–H and O–H groups in total. The Hall–Kier alpha value is -2.05. The van der Waals surface area contributed by atoms with Gasteiger partial charge in [0, 0.05) is 7.05 Å². The summed E-state index contributed by atoms with van der Waals surface area (Å²) in [6.07, 6.45) is 1.72. The second kappa shape index (κ2) is 6.40. The molecule has 0 saturated carbocycles. The average molecular weight is 277 g/mol. The molecule has 0 aromatic heterocycles. The van der Waals surface area contributed by atoms with Gasteiger partial charge in [-0.1, -0.05) is 24.3 Å². The molecule has 6 nitrogen and oxygen atoms in total. The summed E-state index contributed by atoms with van der Waals surface area (Å²) < 4.78 is 4.98. The zero-order valence-corrected chi connectivity index (χ0v) is 11.7. The van der Waals surface area contributed by atoms with Crippen LogP contribution in [-0.2, 0) is 22.7 Å². The Morgan fingerprint density at radius 3 is 2.55 bits per heavy atom. The number of carbonyl (C=O) groups is 1. The van der Waals surface area contributed by atoms with Crippen molar-refractivity contribution in [3.05, 3.63) is 47.3 Å². The maximum atomic E-state index is 11.7. The molecule has 0 saturated heterocycles. The quantitative estimate of drug-likeness (QED) is 0.774. The number of hydrogen-bond acceptors (Lipinski definition) is 6. The van der Waals surface area contributed by atoms with E-state index in [9.17, 15) is 4.79 Å². The number of hydrazine groups is 2. The molecule has 1 aliphatic rings. The number of rotatable bonds is 5. The summed E-state index contributed by atoms with van der Waals surface area (Å²) in [4.78, 5) is 11.7. The maximum absolute atomic E-state index is 11.7. The third-order valence-electron chi connectivity index (χ3n) is 2.96. The molecule has 0 amide bonds. The molecule has 0 spiro atoms. The molecule has 0 fully saturated rings. The second-order valence-corrected chi connectivity index (χ2v) is 4.50. The van der Waals surface area contributed by atoms with Crippen LogP contribution in [0.5, 0.6) is 0 Å². The molecule has 0 atom stereocenters. The van der Waals surface area contributed by atoms with Crippen LogP contribution < -0.4 is 5.53 Å². The van der Waals surface area contributed by atoms with E-state index in [4.69, 9.17) is 9.84 Å². The third kappa shape index (κ3) is 3.28. The molecular weight excluding hydrogens is 258 g/mol. The van der Waals surface area contributed by atoms with Gasteiger partial charge >= 0.3 is 5.97 Å². The van der Waals surface area contributed by atoms with E-state index in [0.717, 1.165) is 11.1 Å². The van der Waals surface area contributed by atoms with Gasteiger partial charge in [-0.05, 0) is 18.1 Å². The lowest BCUT2D eigenvalue weighted by atomic mass is 10.1. The summed E-state index contributed by atoms with van der Waals surface area (Å²) in [6.45, 7) is 2.78. The molecule has 1 aromatic carbocycles. The zero-order chi connectivity index (χ0) is 14.5. The van der Waals surface area contributed by atoms with Crippen LogP contribution in [0.1, 0.15) is 18.1 Å². The monoisotopic (exact) mass is 277 g/mol. The standard InChI is InChI=1S/C14H19N3O3/c1-3-20-14(19)13-9-17(15-16(13)2)8-11-4-6-12(10-18)7-5-11/h4-7,9,15,18H,3,8,10H2,1-2H3. The van der Waals surface area contributed by atoms with E-state index in [1.54, 1.807) is 30.2 Å². The molecule has 0 unspecified atom stereocenters. The number of aliphatic hydroxyl groups is 1. The lowest BCUT2D eigenvalue weighted by Gasteiger charge is -2.20. The van der Waals surface area contributed by atoms with Gasteiger partial charge in [-0.15, -0.1) is 5.53 Å². The minimum Gasteiger partial charge on any atom is -0.461 e. The summed E-state index contributed by atoms with van der Waals surface area (Å²) in [5.74, 6) is -0.347. The summed E-state index contributed by atoms with van der Waals surface area (Å²) in [6, 6.07) is 7.66. The predicted octanol–water partition coefficient (Wildman–Crippen LogP) is 0.750. The van der Waals surface area contributed by atoms with Gasteiger partial charge in [0.1, 0.15) is 0 Å². The Balaban J connectivity index is 2.01. The van der Waals surface area contributed by atoms with Crippen molar-refractivity contribution >= 4 is 5.97 Å². The number of benzene rings is 1. The highest BCUT2D eigenvalue weighted by Crippen LogP contribution is 2.14. The lowest BCUT2D eigenvalue weighted by Crippen LogP contribution is -2.38. The molecule has 0 radical (unpaired) electrons. The number of esters is 1. The molecule has 1 aliphatic heterocycles. The van der Waals surface area contributed by atoms with Crippen LogP contribution in [0.15, 0.2) is 36.2 Å². The summed E-state index contributed by atoms with van der Waals surface area (Å²) >= 11 is 0. The largest absolute Gasteiger partial charge is 0.461 e. The van der Waals surface area contributed by atoms with Crippen LogP contribution in [-0.4, -0.2) is 34.7 Å². The van der Waals surface area contributed by atoms with Gasteiger partial charge in [-0.3, -0.25) is 10.0 Å². The highest BCUT2D eigenvalue weighted by Gasteiger charge is 2.24. The number of aliphatic hydroxyl groups excluding tert-OH is 1. The van der Waals surface area contributed by atoms with Crippen molar-refractivity contribution in [2.45, 2.75) is 20.1 Å². The molecule has 6 heteroatoms. The minimum atomic E-state index is -0.347. The van der Waals surface area contributed by atoms with Crippen molar-refractivity contribution in [1.82, 2.24) is 15.6 Å². The van der Waals surface area contributed by atoms with E-state index in [-0.39, 0.29) is 12.6 Å². The fraction of sp³-hybridized carbons (Fsp3) is 0.357. The first-order chi connectivity index (χ1) is 9.63. The lowest BCUT2D eigenvalue weighted by molar-refractivity contribution is -0.140. The van der Waals surface area contributed by atoms with Crippen molar-refractivity contribution in [2.24, 2.45) is 0 Å². The summed E-state index contributed by atoms with van der Waals surface area (Å²) in [5.41, 5.74) is 5.47. The predicted molar refractivity (Wildman–Crippen MR) is 73.5 cm³/mol. The summed E-state index contributed by atoms with van der Waals surface area (Å²) in [5, 5.41) is 12.4. The van der Waals surface area contributed by atoms with Gasteiger partial charge in [0.25, 0.3) is 0 Å². The molecule has 0 aliphatic carbocycles. The van der Waals surface area contributed by atoms with Crippen LogP contribution in [0.25, 0.3) is 0 Å². The van der Waals surface area contributed by atoms with Crippen LogP contribution in [0, 0.1) is 0 Å². The SMILES string of the molecule is CCOC(=O)C1=CN(Cc2ccc(CO)cc2)NN1C. The molecule has 2 rings (SSSR count).